The van der Waals surface area contributed by atoms with Crippen molar-refractivity contribution in [2.45, 2.75) is 82.5 Å². The van der Waals surface area contributed by atoms with Crippen LogP contribution in [0.2, 0.25) is 0 Å². The Bertz CT molecular complexity index is 728. The number of unbranched alkanes of at least 4 members (excludes halogenated alkanes) is 1. The smallest absolute Gasteiger partial charge is 0.220 e. The van der Waals surface area contributed by atoms with Crippen molar-refractivity contribution in [3.63, 3.8) is 0 Å². The molecule has 2 aliphatic heterocycles. The van der Waals surface area contributed by atoms with Crippen molar-refractivity contribution >= 4 is 17.7 Å². The first-order valence-electron chi connectivity index (χ1n) is 11.7. The standard InChI is InChI=1S/C22H38N6O3S/c1-16(2)31-14-18-13-28(27-26-18)10-6-11-30-12-9-23-21(29)8-5-4-7-20-22-19(15-32-20)24-17(3)25-22/h13,16,19-20,22,24-25H,3-12,14-15H2,1-2H3,(H,23,29)/t19-,20-,22-/m0/s1. The summed E-state index contributed by atoms with van der Waals surface area (Å²) in [6, 6.07) is 1.00. The van der Waals surface area contributed by atoms with E-state index in [1.807, 2.05) is 36.5 Å². The third kappa shape index (κ3) is 8.29. The monoisotopic (exact) mass is 466 g/mol. The van der Waals surface area contributed by atoms with Crippen molar-refractivity contribution in [3.8, 4) is 0 Å². The van der Waals surface area contributed by atoms with Crippen molar-refractivity contribution in [1.29, 1.82) is 0 Å². The zero-order chi connectivity index (χ0) is 22.8. The van der Waals surface area contributed by atoms with Gasteiger partial charge in [0, 0.05) is 37.1 Å². The van der Waals surface area contributed by atoms with E-state index in [0.29, 0.717) is 50.1 Å². The summed E-state index contributed by atoms with van der Waals surface area (Å²) in [7, 11) is 0. The number of thioether (sulfide) groups is 1. The number of amides is 1. The molecule has 0 radical (unpaired) electrons. The van der Waals surface area contributed by atoms with E-state index < -0.39 is 0 Å². The molecule has 180 valence electrons. The van der Waals surface area contributed by atoms with Gasteiger partial charge in [-0.25, -0.2) is 0 Å². The summed E-state index contributed by atoms with van der Waals surface area (Å²) in [6.45, 7) is 10.9. The molecule has 3 atom stereocenters. The first-order chi connectivity index (χ1) is 15.5. The molecular formula is C22H38N6O3S. The number of carbonyl (C=O) groups excluding carboxylic acids is 1. The normalized spacial score (nSPS) is 22.1. The Labute approximate surface area is 195 Å². The van der Waals surface area contributed by atoms with Gasteiger partial charge in [-0.1, -0.05) is 18.2 Å². The number of hydrogen-bond donors (Lipinski definition) is 3. The number of aryl methyl sites for hydroxylation is 1. The predicted octanol–water partition coefficient (Wildman–Crippen LogP) is 1.80. The molecule has 1 amide bonds. The van der Waals surface area contributed by atoms with E-state index in [2.05, 4.69) is 32.8 Å². The largest absolute Gasteiger partial charge is 0.380 e. The number of fused-ring (bicyclic) bond motifs is 1. The number of rotatable bonds is 15. The second kappa shape index (κ2) is 13.1. The van der Waals surface area contributed by atoms with Gasteiger partial charge in [0.05, 0.1) is 43.4 Å². The van der Waals surface area contributed by atoms with Gasteiger partial charge in [-0.3, -0.25) is 9.48 Å². The Morgan fingerprint density at radius 2 is 2.22 bits per heavy atom. The Morgan fingerprint density at radius 1 is 1.34 bits per heavy atom. The minimum absolute atomic E-state index is 0.110. The molecule has 0 aliphatic carbocycles. The van der Waals surface area contributed by atoms with E-state index in [1.54, 1.807) is 0 Å². The molecule has 2 fully saturated rings. The van der Waals surface area contributed by atoms with E-state index in [-0.39, 0.29) is 12.0 Å². The summed E-state index contributed by atoms with van der Waals surface area (Å²) < 4.78 is 12.9. The minimum atomic E-state index is 0.110. The van der Waals surface area contributed by atoms with Gasteiger partial charge < -0.3 is 25.4 Å². The lowest BCUT2D eigenvalue weighted by Crippen LogP contribution is -2.36. The lowest BCUT2D eigenvalue weighted by Gasteiger charge is -2.17. The molecule has 9 nitrogen and oxygen atoms in total. The van der Waals surface area contributed by atoms with Gasteiger partial charge in [0.2, 0.25) is 5.91 Å². The molecule has 0 unspecified atom stereocenters. The van der Waals surface area contributed by atoms with Crippen LogP contribution in [0.3, 0.4) is 0 Å². The van der Waals surface area contributed by atoms with Crippen LogP contribution in [0.15, 0.2) is 18.6 Å². The van der Waals surface area contributed by atoms with Crippen molar-refractivity contribution in [2.75, 3.05) is 25.5 Å². The van der Waals surface area contributed by atoms with Crippen molar-refractivity contribution < 1.29 is 14.3 Å². The quantitative estimate of drug-likeness (QED) is 0.336. The number of hydrogen-bond acceptors (Lipinski definition) is 8. The maximum atomic E-state index is 12.0. The Morgan fingerprint density at radius 3 is 3.06 bits per heavy atom. The number of carbonyl (C=O) groups is 1. The summed E-state index contributed by atoms with van der Waals surface area (Å²) >= 11 is 2.02. The zero-order valence-electron chi connectivity index (χ0n) is 19.3. The maximum Gasteiger partial charge on any atom is 0.220 e. The van der Waals surface area contributed by atoms with Crippen molar-refractivity contribution in [1.82, 2.24) is 30.9 Å². The van der Waals surface area contributed by atoms with Crippen molar-refractivity contribution in [3.05, 3.63) is 24.3 Å². The Balaban J connectivity index is 1.13. The molecule has 0 saturated carbocycles. The number of nitrogens with one attached hydrogen (secondary N) is 3. The van der Waals surface area contributed by atoms with Crippen LogP contribution in [0.25, 0.3) is 0 Å². The summed E-state index contributed by atoms with van der Waals surface area (Å²) in [5.41, 5.74) is 0.839. The SMILES string of the molecule is C=C1N[C@H]2[C@H](CS[C@H]2CCCCC(=O)NCCOCCCn2cc(COC(C)C)nn2)N1. The van der Waals surface area contributed by atoms with E-state index in [4.69, 9.17) is 9.47 Å². The lowest BCUT2D eigenvalue weighted by molar-refractivity contribution is -0.121. The fourth-order valence-electron chi connectivity index (χ4n) is 3.93. The highest BCUT2D eigenvalue weighted by atomic mass is 32.2. The fraction of sp³-hybridized carbons (Fsp3) is 0.773. The Kier molecular flexibility index (Phi) is 10.1. The second-order valence-corrected chi connectivity index (χ2v) is 9.94. The van der Waals surface area contributed by atoms with Gasteiger partial charge in [-0.15, -0.1) is 5.10 Å². The molecule has 32 heavy (non-hydrogen) atoms. The summed E-state index contributed by atoms with van der Waals surface area (Å²) in [5.74, 6) is 2.19. The summed E-state index contributed by atoms with van der Waals surface area (Å²) in [4.78, 5) is 12.0. The molecule has 2 aliphatic rings. The van der Waals surface area contributed by atoms with Crippen LogP contribution in [-0.2, 0) is 27.4 Å². The molecule has 1 aromatic rings. The van der Waals surface area contributed by atoms with Crippen molar-refractivity contribution in [2.24, 2.45) is 0 Å². The first kappa shape index (κ1) is 24.9. The summed E-state index contributed by atoms with van der Waals surface area (Å²) in [6.07, 6.45) is 6.66. The molecular weight excluding hydrogens is 428 g/mol. The zero-order valence-corrected chi connectivity index (χ0v) is 20.2. The van der Waals surface area contributed by atoms with Gasteiger partial charge >= 0.3 is 0 Å². The van der Waals surface area contributed by atoms with Crippen LogP contribution in [0, 0.1) is 0 Å². The molecule has 3 heterocycles. The molecule has 0 aromatic carbocycles. The number of ether oxygens (including phenoxy) is 2. The number of nitrogens with zero attached hydrogens (tertiary/aromatic N) is 3. The minimum Gasteiger partial charge on any atom is -0.380 e. The van der Waals surface area contributed by atoms with E-state index in [0.717, 1.165) is 49.5 Å². The second-order valence-electron chi connectivity index (χ2n) is 8.67. The first-order valence-corrected chi connectivity index (χ1v) is 12.7. The predicted molar refractivity (Wildman–Crippen MR) is 126 cm³/mol. The molecule has 3 rings (SSSR count). The molecule has 0 spiro atoms. The highest BCUT2D eigenvalue weighted by Crippen LogP contribution is 2.34. The van der Waals surface area contributed by atoms with E-state index >= 15 is 0 Å². The topological polar surface area (TPSA) is 102 Å². The average Bonchev–Trinajstić information content (AvgIpc) is 3.45. The van der Waals surface area contributed by atoms with Crippen LogP contribution in [0.5, 0.6) is 0 Å². The fourth-order valence-corrected chi connectivity index (χ4v) is 5.47. The van der Waals surface area contributed by atoms with Gasteiger partial charge in [-0.05, 0) is 33.1 Å². The van der Waals surface area contributed by atoms with Crippen LogP contribution in [0.1, 0.15) is 51.6 Å². The summed E-state index contributed by atoms with van der Waals surface area (Å²) in [5, 5.41) is 18.6. The molecule has 10 heteroatoms. The highest BCUT2D eigenvalue weighted by Gasteiger charge is 2.40. The van der Waals surface area contributed by atoms with Crippen LogP contribution in [0.4, 0.5) is 0 Å². The highest BCUT2D eigenvalue weighted by molar-refractivity contribution is 8.00. The molecule has 3 N–H and O–H groups in total. The van der Waals surface area contributed by atoms with Gasteiger partial charge in [0.25, 0.3) is 0 Å². The molecule has 1 aromatic heterocycles. The van der Waals surface area contributed by atoms with Gasteiger partial charge in [-0.2, -0.15) is 11.8 Å². The molecule has 2 saturated heterocycles. The molecule has 0 bridgehead atoms. The average molecular weight is 467 g/mol. The van der Waals surface area contributed by atoms with E-state index in [1.165, 1.54) is 0 Å². The third-order valence-corrected chi connectivity index (χ3v) is 7.07. The van der Waals surface area contributed by atoms with Crippen LogP contribution in [-0.4, -0.2) is 69.9 Å². The van der Waals surface area contributed by atoms with Crippen LogP contribution >= 0.6 is 11.8 Å². The van der Waals surface area contributed by atoms with Crippen LogP contribution < -0.4 is 16.0 Å². The van der Waals surface area contributed by atoms with Gasteiger partial charge in [0.1, 0.15) is 5.69 Å². The third-order valence-electron chi connectivity index (χ3n) is 5.56. The number of aromatic nitrogens is 3. The van der Waals surface area contributed by atoms with Gasteiger partial charge in [0.15, 0.2) is 0 Å². The lowest BCUT2D eigenvalue weighted by atomic mass is 10.0. The maximum absolute atomic E-state index is 12.0. The Hall–Kier alpha value is -1.78. The van der Waals surface area contributed by atoms with E-state index in [9.17, 15) is 4.79 Å².